The van der Waals surface area contributed by atoms with Gasteiger partial charge >= 0.3 is 5.97 Å². The van der Waals surface area contributed by atoms with E-state index in [9.17, 15) is 4.79 Å². The lowest BCUT2D eigenvalue weighted by Crippen LogP contribution is -2.37. The Hall–Kier alpha value is -3.38. The highest BCUT2D eigenvalue weighted by molar-refractivity contribution is 5.69. The molecule has 2 atom stereocenters. The smallest absolute Gasteiger partial charge is 0.307 e. The molecular formula is C28H32N4O4. The Morgan fingerprint density at radius 2 is 1.39 bits per heavy atom. The van der Waals surface area contributed by atoms with Crippen LogP contribution in [0.15, 0.2) is 58.5 Å². The van der Waals surface area contributed by atoms with Gasteiger partial charge in [-0.1, -0.05) is 36.4 Å². The van der Waals surface area contributed by atoms with E-state index in [1.165, 1.54) is 0 Å². The largest absolute Gasteiger partial charge is 0.465 e. The summed E-state index contributed by atoms with van der Waals surface area (Å²) < 4.78 is 17.4. The Bertz CT molecular complexity index is 1210. The molecule has 4 rings (SSSR count). The van der Waals surface area contributed by atoms with Gasteiger partial charge in [-0.2, -0.15) is 5.26 Å². The average molecular weight is 489 g/mol. The van der Waals surface area contributed by atoms with Crippen molar-refractivity contribution in [2.75, 3.05) is 39.5 Å². The maximum absolute atomic E-state index is 12.1. The summed E-state index contributed by atoms with van der Waals surface area (Å²) >= 11 is 0. The molecule has 2 unspecified atom stereocenters. The second-order valence-corrected chi connectivity index (χ2v) is 9.16. The lowest BCUT2D eigenvalue weighted by Gasteiger charge is -2.27. The molecule has 0 fully saturated rings. The number of carbonyl (C=O) groups excluding carboxylic acids is 1. The van der Waals surface area contributed by atoms with Gasteiger partial charge in [0.25, 0.3) is 0 Å². The maximum Gasteiger partial charge on any atom is 0.307 e. The average Bonchev–Trinajstić information content (AvgIpc) is 3.37. The first-order valence-electron chi connectivity index (χ1n) is 12.3. The molecule has 0 bridgehead atoms. The Morgan fingerprint density at radius 1 is 0.861 bits per heavy atom. The van der Waals surface area contributed by atoms with E-state index < -0.39 is 11.4 Å². The van der Waals surface area contributed by atoms with Crippen LogP contribution >= 0.6 is 0 Å². The number of para-hydroxylation sites is 2. The standard InChI is InChI=1S/C28H32N4O4/c1-27(20-22-8-3-5-10-24(22)30-27)35-18-15-32(14-12-26(33)34-17-7-13-29)16-19-36-28(2)21-23-9-4-6-11-25(23)31-28/h3-6,8-11,20-21H,7,12,14-19H2,1-2H3. The lowest BCUT2D eigenvalue weighted by atomic mass is 10.2. The molecule has 2 aromatic carbocycles. The van der Waals surface area contributed by atoms with Crippen LogP contribution in [0.5, 0.6) is 0 Å². The third-order valence-corrected chi connectivity index (χ3v) is 6.12. The summed E-state index contributed by atoms with van der Waals surface area (Å²) in [6.45, 7) is 6.58. The number of ether oxygens (including phenoxy) is 3. The van der Waals surface area contributed by atoms with Gasteiger partial charge in [0.15, 0.2) is 11.4 Å². The van der Waals surface area contributed by atoms with Crippen molar-refractivity contribution in [3.63, 3.8) is 0 Å². The molecule has 0 spiro atoms. The fourth-order valence-corrected chi connectivity index (χ4v) is 4.32. The topological polar surface area (TPSA) is 96.5 Å². The summed E-state index contributed by atoms with van der Waals surface area (Å²) in [5.74, 6) is -0.319. The molecule has 0 aliphatic carbocycles. The first-order chi connectivity index (χ1) is 17.4. The van der Waals surface area contributed by atoms with E-state index in [1.807, 2.05) is 80.6 Å². The Morgan fingerprint density at radius 3 is 1.89 bits per heavy atom. The van der Waals surface area contributed by atoms with Crippen LogP contribution < -0.4 is 21.2 Å². The van der Waals surface area contributed by atoms with Crippen molar-refractivity contribution in [2.24, 2.45) is 9.98 Å². The van der Waals surface area contributed by atoms with Crippen molar-refractivity contribution in [1.82, 2.24) is 4.90 Å². The van der Waals surface area contributed by atoms with Crippen LogP contribution in [0.2, 0.25) is 0 Å². The van der Waals surface area contributed by atoms with Gasteiger partial charge in [-0.15, -0.1) is 0 Å². The number of fused-ring (bicyclic) bond motifs is 2. The highest BCUT2D eigenvalue weighted by atomic mass is 16.5. The van der Waals surface area contributed by atoms with Crippen molar-refractivity contribution in [1.29, 1.82) is 5.26 Å². The summed E-state index contributed by atoms with van der Waals surface area (Å²) in [4.78, 5) is 23.6. The summed E-state index contributed by atoms with van der Waals surface area (Å²) in [6, 6.07) is 17.9. The molecule has 0 amide bonds. The molecule has 36 heavy (non-hydrogen) atoms. The summed E-state index contributed by atoms with van der Waals surface area (Å²) in [6.07, 6.45) is 4.47. The molecule has 0 saturated carbocycles. The van der Waals surface area contributed by atoms with Gasteiger partial charge in [0.2, 0.25) is 0 Å². The first-order valence-corrected chi connectivity index (χ1v) is 12.3. The minimum Gasteiger partial charge on any atom is -0.465 e. The summed E-state index contributed by atoms with van der Waals surface area (Å²) in [5.41, 5.74) is -1.42. The van der Waals surface area contributed by atoms with E-state index in [0.717, 1.165) is 21.2 Å². The quantitative estimate of drug-likeness (QED) is 0.306. The molecule has 0 saturated heterocycles. The van der Waals surface area contributed by atoms with Crippen LogP contribution in [0.1, 0.15) is 26.7 Å². The maximum atomic E-state index is 12.1. The monoisotopic (exact) mass is 488 g/mol. The Balaban J connectivity index is 1.31. The van der Waals surface area contributed by atoms with Crippen LogP contribution in [-0.4, -0.2) is 61.8 Å². The molecule has 8 nitrogen and oxygen atoms in total. The molecule has 0 N–H and O–H groups in total. The van der Waals surface area contributed by atoms with E-state index in [0.29, 0.717) is 32.8 Å². The van der Waals surface area contributed by atoms with Gasteiger partial charge in [0, 0.05) is 30.1 Å². The lowest BCUT2D eigenvalue weighted by molar-refractivity contribution is -0.144. The van der Waals surface area contributed by atoms with Crippen molar-refractivity contribution >= 4 is 18.1 Å². The number of nitrogens with zero attached hydrogens (tertiary/aromatic N) is 4. The van der Waals surface area contributed by atoms with E-state index in [2.05, 4.69) is 4.90 Å². The van der Waals surface area contributed by atoms with Crippen molar-refractivity contribution in [3.05, 3.63) is 69.7 Å². The van der Waals surface area contributed by atoms with Crippen molar-refractivity contribution in [3.8, 4) is 6.07 Å². The summed E-state index contributed by atoms with van der Waals surface area (Å²) in [7, 11) is 0. The normalized spacial score (nSPS) is 21.4. The van der Waals surface area contributed by atoms with Crippen molar-refractivity contribution < 1.29 is 19.0 Å². The van der Waals surface area contributed by atoms with Crippen LogP contribution in [0.25, 0.3) is 12.2 Å². The number of esters is 1. The van der Waals surface area contributed by atoms with E-state index in [1.54, 1.807) is 0 Å². The highest BCUT2D eigenvalue weighted by Gasteiger charge is 2.26. The molecule has 8 heteroatoms. The second kappa shape index (κ2) is 11.6. The minimum absolute atomic E-state index is 0.119. The third-order valence-electron chi connectivity index (χ3n) is 6.12. The Kier molecular flexibility index (Phi) is 8.26. The van der Waals surface area contributed by atoms with Gasteiger partial charge in [0.1, 0.15) is 6.61 Å². The van der Waals surface area contributed by atoms with Crippen LogP contribution in [0, 0.1) is 11.3 Å². The van der Waals surface area contributed by atoms with Gasteiger partial charge < -0.3 is 14.2 Å². The first kappa shape index (κ1) is 25.7. The molecule has 188 valence electrons. The van der Waals surface area contributed by atoms with Gasteiger partial charge in [0.05, 0.1) is 42.8 Å². The highest BCUT2D eigenvalue weighted by Crippen LogP contribution is 2.17. The molecule has 2 aliphatic heterocycles. The minimum atomic E-state index is -0.709. The van der Waals surface area contributed by atoms with E-state index >= 15 is 0 Å². The third kappa shape index (κ3) is 6.85. The fourth-order valence-electron chi connectivity index (χ4n) is 4.32. The zero-order valence-electron chi connectivity index (χ0n) is 20.9. The number of nitriles is 1. The number of hydrogen-bond acceptors (Lipinski definition) is 8. The van der Waals surface area contributed by atoms with E-state index in [-0.39, 0.29) is 25.4 Å². The van der Waals surface area contributed by atoms with Crippen LogP contribution in [0.4, 0.5) is 0 Å². The number of hydrogen-bond donors (Lipinski definition) is 0. The molecule has 2 aliphatic rings. The SMILES string of the molecule is CC1(OCCN(CCOC2(C)C=c3ccccc3=N2)CCC(=O)OCCC#N)C=c2ccccc2=N1. The predicted molar refractivity (Wildman–Crippen MR) is 134 cm³/mol. The number of carbonyl (C=O) groups is 1. The number of benzene rings is 2. The van der Waals surface area contributed by atoms with Gasteiger partial charge in [-0.05, 0) is 38.1 Å². The summed E-state index contributed by atoms with van der Waals surface area (Å²) in [5, 5.41) is 12.6. The molecule has 2 heterocycles. The predicted octanol–water partition coefficient (Wildman–Crippen LogP) is 0.829. The van der Waals surface area contributed by atoms with Gasteiger partial charge in [-0.25, -0.2) is 9.98 Å². The molecule has 2 aromatic rings. The number of rotatable bonds is 13. The van der Waals surface area contributed by atoms with Gasteiger partial charge in [-0.3, -0.25) is 9.69 Å². The molecule has 0 radical (unpaired) electrons. The molecule has 0 aromatic heterocycles. The zero-order valence-corrected chi connectivity index (χ0v) is 20.9. The zero-order chi connectivity index (χ0) is 25.4. The Labute approximate surface area is 210 Å². The van der Waals surface area contributed by atoms with Crippen LogP contribution in [0.3, 0.4) is 0 Å². The van der Waals surface area contributed by atoms with Crippen LogP contribution in [-0.2, 0) is 19.0 Å². The molecular weight excluding hydrogens is 456 g/mol. The second-order valence-electron chi connectivity index (χ2n) is 9.16. The van der Waals surface area contributed by atoms with E-state index in [4.69, 9.17) is 29.5 Å². The fraction of sp³-hybridized carbons (Fsp3) is 0.429. The van der Waals surface area contributed by atoms with Crippen molar-refractivity contribution in [2.45, 2.75) is 38.1 Å².